The molecular formula is C12H20. The van der Waals surface area contributed by atoms with Gasteiger partial charge in [-0.1, -0.05) is 45.3 Å². The largest absolute Gasteiger partial charge is 0.0742 e. The molecule has 0 aromatic heterocycles. The second kappa shape index (κ2) is 2.61. The summed E-state index contributed by atoms with van der Waals surface area (Å²) in [5.74, 6) is 1.85. The van der Waals surface area contributed by atoms with E-state index in [-0.39, 0.29) is 0 Å². The average Bonchev–Trinajstić information content (AvgIpc) is 2.71. The van der Waals surface area contributed by atoms with Gasteiger partial charge in [-0.3, -0.25) is 0 Å². The lowest BCUT2D eigenvalue weighted by atomic mass is 9.86. The zero-order valence-electron chi connectivity index (χ0n) is 8.56. The Morgan fingerprint density at radius 3 is 3.00 bits per heavy atom. The fraction of sp³-hybridized carbons (Fsp3) is 0.833. The van der Waals surface area contributed by atoms with Crippen LogP contribution in [0.15, 0.2) is 11.6 Å². The van der Waals surface area contributed by atoms with Crippen molar-refractivity contribution in [3.63, 3.8) is 0 Å². The molecule has 1 saturated carbocycles. The molecule has 0 heteroatoms. The Balaban J connectivity index is 2.10. The smallest absolute Gasteiger partial charge is 0.00686 e. The van der Waals surface area contributed by atoms with Gasteiger partial charge in [-0.2, -0.15) is 0 Å². The molecule has 0 aromatic rings. The number of fused-ring (bicyclic) bond motifs is 1. The summed E-state index contributed by atoms with van der Waals surface area (Å²) in [7, 11) is 0. The Hall–Kier alpha value is -0.260. The van der Waals surface area contributed by atoms with Crippen molar-refractivity contribution in [2.75, 3.05) is 0 Å². The molecule has 2 aliphatic rings. The van der Waals surface area contributed by atoms with Crippen molar-refractivity contribution in [1.29, 1.82) is 0 Å². The molecule has 1 fully saturated rings. The van der Waals surface area contributed by atoms with E-state index in [0.29, 0.717) is 5.41 Å². The molecule has 0 bridgehead atoms. The van der Waals surface area contributed by atoms with Crippen LogP contribution >= 0.6 is 0 Å². The summed E-state index contributed by atoms with van der Waals surface area (Å²) in [6.45, 7) is 7.18. The lowest BCUT2D eigenvalue weighted by molar-refractivity contribution is 0.376. The van der Waals surface area contributed by atoms with Crippen molar-refractivity contribution in [3.8, 4) is 0 Å². The van der Waals surface area contributed by atoms with Gasteiger partial charge in [0.2, 0.25) is 0 Å². The third kappa shape index (κ3) is 1.12. The van der Waals surface area contributed by atoms with Gasteiger partial charge in [-0.25, -0.2) is 0 Å². The van der Waals surface area contributed by atoms with Crippen LogP contribution in [0.5, 0.6) is 0 Å². The minimum absolute atomic E-state index is 0.573. The van der Waals surface area contributed by atoms with Crippen LogP contribution in [-0.4, -0.2) is 0 Å². The van der Waals surface area contributed by atoms with Crippen LogP contribution in [0, 0.1) is 17.3 Å². The molecule has 2 rings (SSSR count). The van der Waals surface area contributed by atoms with Crippen molar-refractivity contribution in [1.82, 2.24) is 0 Å². The minimum Gasteiger partial charge on any atom is -0.0742 e. The first-order chi connectivity index (χ1) is 5.67. The highest BCUT2D eigenvalue weighted by Crippen LogP contribution is 2.56. The van der Waals surface area contributed by atoms with Crippen LogP contribution in [0.4, 0.5) is 0 Å². The van der Waals surface area contributed by atoms with Gasteiger partial charge < -0.3 is 0 Å². The first-order valence-corrected chi connectivity index (χ1v) is 5.40. The average molecular weight is 164 g/mol. The molecule has 12 heavy (non-hydrogen) atoms. The zero-order valence-corrected chi connectivity index (χ0v) is 8.56. The van der Waals surface area contributed by atoms with Crippen molar-refractivity contribution in [3.05, 3.63) is 11.6 Å². The van der Waals surface area contributed by atoms with E-state index in [1.807, 2.05) is 0 Å². The van der Waals surface area contributed by atoms with Crippen molar-refractivity contribution >= 4 is 0 Å². The second-order valence-electron chi connectivity index (χ2n) is 4.87. The van der Waals surface area contributed by atoms with Crippen LogP contribution in [-0.2, 0) is 0 Å². The Morgan fingerprint density at radius 2 is 2.33 bits per heavy atom. The highest BCUT2D eigenvalue weighted by atomic mass is 14.5. The number of allylic oxidation sites excluding steroid dienone is 2. The maximum absolute atomic E-state index is 2.51. The molecule has 2 aliphatic carbocycles. The molecule has 0 saturated heterocycles. The molecule has 0 aliphatic heterocycles. The summed E-state index contributed by atoms with van der Waals surface area (Å²) < 4.78 is 0. The lowest BCUT2D eigenvalue weighted by Gasteiger charge is -2.19. The predicted molar refractivity (Wildman–Crippen MR) is 53.0 cm³/mol. The molecule has 0 aromatic carbocycles. The topological polar surface area (TPSA) is 0 Å². The van der Waals surface area contributed by atoms with Gasteiger partial charge in [0.25, 0.3) is 0 Å². The minimum atomic E-state index is 0.573. The number of hydrogen-bond donors (Lipinski definition) is 0. The van der Waals surface area contributed by atoms with E-state index >= 15 is 0 Å². The molecule has 68 valence electrons. The molecule has 0 radical (unpaired) electrons. The fourth-order valence-corrected chi connectivity index (χ4v) is 2.97. The SMILES string of the molecule is CCC1CCCC2(C)C=C2C1C. The second-order valence-corrected chi connectivity index (χ2v) is 4.87. The Morgan fingerprint density at radius 1 is 1.58 bits per heavy atom. The maximum atomic E-state index is 2.51. The summed E-state index contributed by atoms with van der Waals surface area (Å²) in [5.41, 5.74) is 2.34. The van der Waals surface area contributed by atoms with Crippen molar-refractivity contribution in [2.45, 2.75) is 46.5 Å². The van der Waals surface area contributed by atoms with Crippen molar-refractivity contribution in [2.24, 2.45) is 17.3 Å². The molecule has 0 amide bonds. The molecule has 0 N–H and O–H groups in total. The summed E-state index contributed by atoms with van der Waals surface area (Å²) in [6, 6.07) is 0. The maximum Gasteiger partial charge on any atom is 0.00686 e. The summed E-state index contributed by atoms with van der Waals surface area (Å²) in [4.78, 5) is 0. The Bertz CT molecular complexity index is 214. The summed E-state index contributed by atoms with van der Waals surface area (Å²) >= 11 is 0. The van der Waals surface area contributed by atoms with Crippen molar-refractivity contribution < 1.29 is 0 Å². The standard InChI is InChI=1S/C12H20/c1-4-10-6-5-7-12(3)8-11(12)9(10)2/h8-10H,4-7H2,1-3H3. The van der Waals surface area contributed by atoms with Crippen LogP contribution in [0.25, 0.3) is 0 Å². The quantitative estimate of drug-likeness (QED) is 0.517. The van der Waals surface area contributed by atoms with Crippen LogP contribution < -0.4 is 0 Å². The van der Waals surface area contributed by atoms with E-state index in [2.05, 4.69) is 26.8 Å². The van der Waals surface area contributed by atoms with E-state index in [1.54, 1.807) is 5.57 Å². The zero-order chi connectivity index (χ0) is 8.77. The molecule has 3 atom stereocenters. The first-order valence-electron chi connectivity index (χ1n) is 5.40. The molecule has 0 nitrogen and oxygen atoms in total. The van der Waals surface area contributed by atoms with Gasteiger partial charge in [0, 0.05) is 5.41 Å². The molecular weight excluding hydrogens is 144 g/mol. The molecule has 0 heterocycles. The molecule has 3 unspecified atom stereocenters. The number of hydrogen-bond acceptors (Lipinski definition) is 0. The monoisotopic (exact) mass is 164 g/mol. The van der Waals surface area contributed by atoms with Gasteiger partial charge in [0.15, 0.2) is 0 Å². The van der Waals surface area contributed by atoms with Crippen LogP contribution in [0.2, 0.25) is 0 Å². The first kappa shape index (κ1) is 8.34. The lowest BCUT2D eigenvalue weighted by Crippen LogP contribution is -2.09. The van der Waals surface area contributed by atoms with Gasteiger partial charge in [0.1, 0.15) is 0 Å². The summed E-state index contributed by atoms with van der Waals surface area (Å²) in [6.07, 6.45) is 8.21. The van der Waals surface area contributed by atoms with Gasteiger partial charge in [-0.05, 0) is 24.7 Å². The van der Waals surface area contributed by atoms with Crippen LogP contribution in [0.3, 0.4) is 0 Å². The molecule has 0 spiro atoms. The van der Waals surface area contributed by atoms with Crippen LogP contribution in [0.1, 0.15) is 46.5 Å². The predicted octanol–water partition coefficient (Wildman–Crippen LogP) is 3.78. The highest BCUT2D eigenvalue weighted by molar-refractivity contribution is 5.40. The van der Waals surface area contributed by atoms with E-state index in [0.717, 1.165) is 11.8 Å². The normalized spacial score (nSPS) is 46.1. The van der Waals surface area contributed by atoms with Gasteiger partial charge in [0.05, 0.1) is 0 Å². The summed E-state index contributed by atoms with van der Waals surface area (Å²) in [5, 5.41) is 0. The van der Waals surface area contributed by atoms with E-state index < -0.39 is 0 Å². The highest BCUT2D eigenvalue weighted by Gasteiger charge is 2.44. The van der Waals surface area contributed by atoms with E-state index in [1.165, 1.54) is 25.7 Å². The van der Waals surface area contributed by atoms with E-state index in [4.69, 9.17) is 0 Å². The van der Waals surface area contributed by atoms with E-state index in [9.17, 15) is 0 Å². The fourth-order valence-electron chi connectivity index (χ4n) is 2.97. The Labute approximate surface area is 76.1 Å². The Kier molecular flexibility index (Phi) is 1.82. The van der Waals surface area contributed by atoms with Gasteiger partial charge in [-0.15, -0.1) is 0 Å². The third-order valence-electron chi connectivity index (χ3n) is 4.04. The number of rotatable bonds is 1. The van der Waals surface area contributed by atoms with Gasteiger partial charge >= 0.3 is 0 Å². The third-order valence-corrected chi connectivity index (χ3v) is 4.04.